The molecule has 0 spiro atoms. The minimum atomic E-state index is -0.557. The summed E-state index contributed by atoms with van der Waals surface area (Å²) < 4.78 is 0. The molecule has 1 aromatic rings. The SMILES string of the molecule is CCNC(=O)C(=O)N(c1ccccc1)N1CCCC1. The van der Waals surface area contributed by atoms with Gasteiger partial charge >= 0.3 is 11.8 Å². The van der Waals surface area contributed by atoms with Crippen molar-refractivity contribution in [2.75, 3.05) is 24.6 Å². The minimum Gasteiger partial charge on any atom is -0.348 e. The lowest BCUT2D eigenvalue weighted by Gasteiger charge is -2.30. The van der Waals surface area contributed by atoms with Gasteiger partial charge in [-0.25, -0.2) is 10.0 Å². The number of nitrogens with zero attached hydrogens (tertiary/aromatic N) is 2. The van der Waals surface area contributed by atoms with E-state index in [9.17, 15) is 9.59 Å². The van der Waals surface area contributed by atoms with E-state index in [2.05, 4.69) is 5.32 Å². The van der Waals surface area contributed by atoms with Crippen LogP contribution in [0.2, 0.25) is 0 Å². The maximum atomic E-state index is 12.3. The summed E-state index contributed by atoms with van der Waals surface area (Å²) in [4.78, 5) is 24.1. The zero-order valence-corrected chi connectivity index (χ0v) is 11.1. The fraction of sp³-hybridized carbons (Fsp3) is 0.429. The predicted molar refractivity (Wildman–Crippen MR) is 73.4 cm³/mol. The number of carbonyl (C=O) groups is 2. The largest absolute Gasteiger partial charge is 0.348 e. The molecule has 1 aliphatic heterocycles. The normalized spacial score (nSPS) is 15.2. The molecule has 1 heterocycles. The quantitative estimate of drug-likeness (QED) is 0.831. The third kappa shape index (κ3) is 3.12. The zero-order valence-electron chi connectivity index (χ0n) is 11.1. The second kappa shape index (κ2) is 6.33. The van der Waals surface area contributed by atoms with Crippen LogP contribution in [0.4, 0.5) is 5.69 Å². The molecule has 0 aliphatic carbocycles. The van der Waals surface area contributed by atoms with Crippen molar-refractivity contribution < 1.29 is 9.59 Å². The smallest absolute Gasteiger partial charge is 0.330 e. The number of carbonyl (C=O) groups excluding carboxylic acids is 2. The summed E-state index contributed by atoms with van der Waals surface area (Å²) in [5.41, 5.74) is 0.737. The summed E-state index contributed by atoms with van der Waals surface area (Å²) in [6, 6.07) is 9.31. The number of hydrogen-bond donors (Lipinski definition) is 1. The van der Waals surface area contributed by atoms with E-state index in [-0.39, 0.29) is 0 Å². The van der Waals surface area contributed by atoms with Gasteiger partial charge in [0.05, 0.1) is 5.69 Å². The fourth-order valence-electron chi connectivity index (χ4n) is 2.21. The molecule has 1 aromatic carbocycles. The van der Waals surface area contributed by atoms with E-state index in [1.54, 1.807) is 6.92 Å². The molecule has 5 heteroatoms. The lowest BCUT2D eigenvalue weighted by Crippen LogP contribution is -2.51. The molecule has 0 bridgehead atoms. The summed E-state index contributed by atoms with van der Waals surface area (Å²) in [6.07, 6.45) is 2.10. The molecular weight excluding hydrogens is 242 g/mol. The van der Waals surface area contributed by atoms with Gasteiger partial charge in [-0.15, -0.1) is 0 Å². The summed E-state index contributed by atoms with van der Waals surface area (Å²) >= 11 is 0. The van der Waals surface area contributed by atoms with Crippen LogP contribution in [0.15, 0.2) is 30.3 Å². The van der Waals surface area contributed by atoms with E-state index in [1.165, 1.54) is 5.01 Å². The van der Waals surface area contributed by atoms with E-state index < -0.39 is 11.8 Å². The lowest BCUT2D eigenvalue weighted by atomic mass is 10.3. The van der Waals surface area contributed by atoms with Crippen LogP contribution in [0, 0.1) is 0 Å². The molecule has 1 aliphatic rings. The van der Waals surface area contributed by atoms with Crippen LogP contribution in [0.5, 0.6) is 0 Å². The maximum absolute atomic E-state index is 12.3. The zero-order chi connectivity index (χ0) is 13.7. The highest BCUT2D eigenvalue weighted by Crippen LogP contribution is 2.20. The van der Waals surface area contributed by atoms with E-state index in [0.29, 0.717) is 6.54 Å². The Bertz CT molecular complexity index is 441. The number of benzene rings is 1. The van der Waals surface area contributed by atoms with Crippen molar-refractivity contribution in [3.63, 3.8) is 0 Å². The number of para-hydroxylation sites is 1. The first-order valence-corrected chi connectivity index (χ1v) is 6.66. The van der Waals surface area contributed by atoms with Gasteiger partial charge in [-0.1, -0.05) is 18.2 Å². The van der Waals surface area contributed by atoms with Crippen LogP contribution in [0.25, 0.3) is 0 Å². The summed E-state index contributed by atoms with van der Waals surface area (Å²) in [5, 5.41) is 6.00. The van der Waals surface area contributed by atoms with Gasteiger partial charge < -0.3 is 5.32 Å². The molecule has 1 N–H and O–H groups in total. The monoisotopic (exact) mass is 261 g/mol. The number of hydrazine groups is 1. The van der Waals surface area contributed by atoms with Crippen LogP contribution in [-0.4, -0.2) is 36.5 Å². The van der Waals surface area contributed by atoms with Crippen molar-refractivity contribution in [3.05, 3.63) is 30.3 Å². The number of hydrogen-bond acceptors (Lipinski definition) is 3. The van der Waals surface area contributed by atoms with Crippen LogP contribution < -0.4 is 10.3 Å². The highest BCUT2D eigenvalue weighted by Gasteiger charge is 2.29. The number of anilines is 1. The molecule has 0 saturated carbocycles. The number of likely N-dealkylation sites (N-methyl/N-ethyl adjacent to an activating group) is 1. The average molecular weight is 261 g/mol. The molecule has 0 radical (unpaired) electrons. The van der Waals surface area contributed by atoms with Gasteiger partial charge in [-0.05, 0) is 31.9 Å². The Morgan fingerprint density at radius 1 is 1.21 bits per heavy atom. The second-order valence-electron chi connectivity index (χ2n) is 4.47. The molecular formula is C14H19N3O2. The highest BCUT2D eigenvalue weighted by molar-refractivity contribution is 6.40. The van der Waals surface area contributed by atoms with Gasteiger partial charge in [0, 0.05) is 19.6 Å². The van der Waals surface area contributed by atoms with Crippen molar-refractivity contribution in [2.24, 2.45) is 0 Å². The first-order valence-electron chi connectivity index (χ1n) is 6.66. The van der Waals surface area contributed by atoms with Gasteiger partial charge in [0.2, 0.25) is 0 Å². The van der Waals surface area contributed by atoms with Gasteiger partial charge in [0.1, 0.15) is 0 Å². The van der Waals surface area contributed by atoms with Gasteiger partial charge in [0.25, 0.3) is 0 Å². The first kappa shape index (κ1) is 13.5. The van der Waals surface area contributed by atoms with Crippen LogP contribution in [0.3, 0.4) is 0 Å². The Morgan fingerprint density at radius 3 is 2.42 bits per heavy atom. The molecule has 5 nitrogen and oxygen atoms in total. The molecule has 102 valence electrons. The summed E-state index contributed by atoms with van der Waals surface area (Å²) in [7, 11) is 0. The third-order valence-corrected chi connectivity index (χ3v) is 3.09. The van der Waals surface area contributed by atoms with Crippen molar-refractivity contribution in [3.8, 4) is 0 Å². The van der Waals surface area contributed by atoms with E-state index in [1.807, 2.05) is 35.3 Å². The summed E-state index contributed by atoms with van der Waals surface area (Å²) in [5.74, 6) is -1.08. The van der Waals surface area contributed by atoms with Crippen molar-refractivity contribution in [1.29, 1.82) is 0 Å². The molecule has 1 fully saturated rings. The second-order valence-corrected chi connectivity index (χ2v) is 4.47. The number of amides is 2. The third-order valence-electron chi connectivity index (χ3n) is 3.09. The predicted octanol–water partition coefficient (Wildman–Crippen LogP) is 1.17. The van der Waals surface area contributed by atoms with E-state index >= 15 is 0 Å². The molecule has 2 rings (SSSR count). The Balaban J connectivity index is 2.24. The minimum absolute atomic E-state index is 0.452. The molecule has 0 aromatic heterocycles. The van der Waals surface area contributed by atoms with Crippen molar-refractivity contribution in [2.45, 2.75) is 19.8 Å². The Labute approximate surface area is 113 Å². The van der Waals surface area contributed by atoms with Gasteiger partial charge in [-0.3, -0.25) is 9.59 Å². The van der Waals surface area contributed by atoms with Crippen molar-refractivity contribution >= 4 is 17.5 Å². The Kier molecular flexibility index (Phi) is 4.52. The Morgan fingerprint density at radius 2 is 1.84 bits per heavy atom. The topological polar surface area (TPSA) is 52.7 Å². The lowest BCUT2D eigenvalue weighted by molar-refractivity contribution is -0.139. The van der Waals surface area contributed by atoms with Gasteiger partial charge in [-0.2, -0.15) is 0 Å². The Hall–Kier alpha value is -1.88. The maximum Gasteiger partial charge on any atom is 0.330 e. The molecule has 2 amide bonds. The molecule has 1 saturated heterocycles. The first-order chi connectivity index (χ1) is 9.24. The summed E-state index contributed by atoms with van der Waals surface area (Å²) in [6.45, 7) is 3.86. The average Bonchev–Trinajstić information content (AvgIpc) is 2.94. The van der Waals surface area contributed by atoms with E-state index in [0.717, 1.165) is 31.6 Å². The molecule has 19 heavy (non-hydrogen) atoms. The van der Waals surface area contributed by atoms with E-state index in [4.69, 9.17) is 0 Å². The van der Waals surface area contributed by atoms with Crippen LogP contribution >= 0.6 is 0 Å². The fourth-order valence-corrected chi connectivity index (χ4v) is 2.21. The number of rotatable bonds is 3. The van der Waals surface area contributed by atoms with Crippen molar-refractivity contribution in [1.82, 2.24) is 10.3 Å². The standard InChI is InChI=1S/C14H19N3O2/c1-2-15-13(18)14(19)17(16-10-6-7-11-16)12-8-4-3-5-9-12/h3-5,8-9H,2,6-7,10-11H2,1H3,(H,15,18). The molecule has 0 unspecified atom stereocenters. The van der Waals surface area contributed by atoms with Crippen LogP contribution in [0.1, 0.15) is 19.8 Å². The molecule has 0 atom stereocenters. The van der Waals surface area contributed by atoms with Crippen LogP contribution in [-0.2, 0) is 9.59 Å². The van der Waals surface area contributed by atoms with Gasteiger partial charge in [0.15, 0.2) is 0 Å². The highest BCUT2D eigenvalue weighted by atomic mass is 16.2. The number of nitrogens with one attached hydrogen (secondary N) is 1.